The van der Waals surface area contributed by atoms with Crippen LogP contribution < -0.4 is 5.32 Å². The van der Waals surface area contributed by atoms with Crippen molar-refractivity contribution in [2.75, 3.05) is 26.2 Å². The summed E-state index contributed by atoms with van der Waals surface area (Å²) >= 11 is 0. The number of rotatable bonds is 5. The summed E-state index contributed by atoms with van der Waals surface area (Å²) in [6.07, 6.45) is 3.30. The minimum absolute atomic E-state index is 0.338. The highest BCUT2D eigenvalue weighted by atomic mass is 32.2. The Bertz CT molecular complexity index is 545. The lowest BCUT2D eigenvalue weighted by Gasteiger charge is -2.31. The first-order valence-corrected chi connectivity index (χ1v) is 8.60. The third-order valence-corrected chi connectivity index (χ3v) is 6.07. The fourth-order valence-corrected chi connectivity index (χ4v) is 4.23. The fourth-order valence-electron chi connectivity index (χ4n) is 2.57. The van der Waals surface area contributed by atoms with Crippen molar-refractivity contribution in [3.63, 3.8) is 0 Å². The molecule has 0 atom stereocenters. The van der Waals surface area contributed by atoms with Gasteiger partial charge in [0, 0.05) is 20.1 Å². The third kappa shape index (κ3) is 3.05. The van der Waals surface area contributed by atoms with Gasteiger partial charge in [0.1, 0.15) is 4.90 Å². The van der Waals surface area contributed by atoms with Crippen LogP contribution in [0.3, 0.4) is 0 Å². The van der Waals surface area contributed by atoms with Crippen LogP contribution in [0.15, 0.2) is 11.1 Å². The summed E-state index contributed by atoms with van der Waals surface area (Å²) in [6, 6.07) is 0. The highest BCUT2D eigenvalue weighted by molar-refractivity contribution is 7.89. The van der Waals surface area contributed by atoms with E-state index in [-0.39, 0.29) is 0 Å². The molecule has 0 radical (unpaired) electrons. The van der Waals surface area contributed by atoms with Crippen molar-refractivity contribution >= 4 is 10.0 Å². The molecule has 1 N–H and O–H groups in total. The summed E-state index contributed by atoms with van der Waals surface area (Å²) in [6.45, 7) is 7.03. The molecule has 1 aliphatic rings. The molecule has 7 heteroatoms. The first-order valence-electron chi connectivity index (χ1n) is 7.16. The molecule has 1 aliphatic heterocycles. The van der Waals surface area contributed by atoms with Crippen LogP contribution in [0.25, 0.3) is 0 Å². The zero-order chi connectivity index (χ0) is 14.8. The molecule has 0 amide bonds. The van der Waals surface area contributed by atoms with Crippen LogP contribution in [0.5, 0.6) is 0 Å². The Morgan fingerprint density at radius 2 is 2.05 bits per heavy atom. The number of aryl methyl sites for hydroxylation is 1. The Morgan fingerprint density at radius 3 is 2.55 bits per heavy atom. The van der Waals surface area contributed by atoms with Crippen molar-refractivity contribution in [2.45, 2.75) is 31.6 Å². The SMILES string of the molecule is CCNCC1CCN(S(=O)(=O)c2cnn(C)c2C)CC1. The first-order chi connectivity index (χ1) is 9.46. The van der Waals surface area contributed by atoms with Crippen LogP contribution >= 0.6 is 0 Å². The zero-order valence-corrected chi connectivity index (χ0v) is 13.3. The minimum Gasteiger partial charge on any atom is -0.317 e. The molecule has 6 nitrogen and oxygen atoms in total. The van der Waals surface area contributed by atoms with Gasteiger partial charge in [-0.3, -0.25) is 4.68 Å². The molecule has 0 aromatic carbocycles. The number of nitrogens with one attached hydrogen (secondary N) is 1. The molecule has 1 aromatic rings. The van der Waals surface area contributed by atoms with Crippen molar-refractivity contribution in [3.05, 3.63) is 11.9 Å². The van der Waals surface area contributed by atoms with E-state index in [2.05, 4.69) is 17.3 Å². The van der Waals surface area contributed by atoms with E-state index >= 15 is 0 Å². The number of hydrogen-bond acceptors (Lipinski definition) is 4. The van der Waals surface area contributed by atoms with Crippen LogP contribution in [0.1, 0.15) is 25.5 Å². The molecular formula is C13H24N4O2S. The molecule has 0 saturated carbocycles. The van der Waals surface area contributed by atoms with Crippen molar-refractivity contribution in [1.82, 2.24) is 19.4 Å². The monoisotopic (exact) mass is 300 g/mol. The second kappa shape index (κ2) is 6.24. The van der Waals surface area contributed by atoms with Crippen LogP contribution in [-0.2, 0) is 17.1 Å². The van der Waals surface area contributed by atoms with Crippen LogP contribution in [-0.4, -0.2) is 48.7 Å². The lowest BCUT2D eigenvalue weighted by Crippen LogP contribution is -2.40. The van der Waals surface area contributed by atoms with Crippen LogP contribution in [0.4, 0.5) is 0 Å². The fraction of sp³-hybridized carbons (Fsp3) is 0.769. The van der Waals surface area contributed by atoms with Crippen molar-refractivity contribution in [3.8, 4) is 0 Å². The molecule has 114 valence electrons. The largest absolute Gasteiger partial charge is 0.317 e. The van der Waals surface area contributed by atoms with E-state index in [1.54, 1.807) is 23.0 Å². The highest BCUT2D eigenvalue weighted by Crippen LogP contribution is 2.24. The summed E-state index contributed by atoms with van der Waals surface area (Å²) in [4.78, 5) is 0.338. The standard InChI is InChI=1S/C13H24N4O2S/c1-4-14-9-12-5-7-17(8-6-12)20(18,19)13-10-15-16(3)11(13)2/h10,12,14H,4-9H2,1-3H3. The molecule has 0 spiro atoms. The molecule has 0 aliphatic carbocycles. The smallest absolute Gasteiger partial charge is 0.246 e. The second-order valence-electron chi connectivity index (χ2n) is 5.37. The molecule has 0 unspecified atom stereocenters. The van der Waals surface area contributed by atoms with Gasteiger partial charge in [0.2, 0.25) is 10.0 Å². The topological polar surface area (TPSA) is 67.2 Å². The van der Waals surface area contributed by atoms with Gasteiger partial charge in [-0.1, -0.05) is 6.92 Å². The Hall–Kier alpha value is -0.920. The summed E-state index contributed by atoms with van der Waals surface area (Å²) in [5, 5.41) is 7.37. The lowest BCUT2D eigenvalue weighted by atomic mass is 9.98. The van der Waals surface area contributed by atoms with Crippen LogP contribution in [0.2, 0.25) is 0 Å². The van der Waals surface area contributed by atoms with Crippen molar-refractivity contribution in [2.24, 2.45) is 13.0 Å². The summed E-state index contributed by atoms with van der Waals surface area (Å²) in [7, 11) is -1.63. The molecule has 2 heterocycles. The molecule has 1 fully saturated rings. The third-order valence-electron chi connectivity index (χ3n) is 4.06. The van der Waals surface area contributed by atoms with E-state index in [9.17, 15) is 8.42 Å². The predicted octanol–water partition coefficient (Wildman–Crippen LogP) is 0.739. The highest BCUT2D eigenvalue weighted by Gasteiger charge is 2.31. The van der Waals surface area contributed by atoms with Crippen LogP contribution in [0, 0.1) is 12.8 Å². The Kier molecular flexibility index (Phi) is 4.82. The van der Waals surface area contributed by atoms with E-state index < -0.39 is 10.0 Å². The molecule has 20 heavy (non-hydrogen) atoms. The Balaban J connectivity index is 2.04. The van der Waals surface area contributed by atoms with E-state index in [1.807, 2.05) is 0 Å². The quantitative estimate of drug-likeness (QED) is 0.871. The van der Waals surface area contributed by atoms with Crippen molar-refractivity contribution < 1.29 is 8.42 Å². The predicted molar refractivity (Wildman–Crippen MR) is 78.0 cm³/mol. The minimum atomic E-state index is -3.39. The van der Waals surface area contributed by atoms with E-state index in [4.69, 9.17) is 0 Å². The molecular weight excluding hydrogens is 276 g/mol. The number of sulfonamides is 1. The number of piperidine rings is 1. The number of hydrogen-bond donors (Lipinski definition) is 1. The van der Waals surface area contributed by atoms with Gasteiger partial charge in [-0.2, -0.15) is 9.40 Å². The zero-order valence-electron chi connectivity index (χ0n) is 12.5. The Morgan fingerprint density at radius 1 is 1.40 bits per heavy atom. The van der Waals surface area contributed by atoms with Gasteiger partial charge >= 0.3 is 0 Å². The summed E-state index contributed by atoms with van der Waals surface area (Å²) in [5.41, 5.74) is 0.694. The number of nitrogens with zero attached hydrogens (tertiary/aromatic N) is 3. The van der Waals surface area contributed by atoms with Gasteiger partial charge in [-0.15, -0.1) is 0 Å². The van der Waals surface area contributed by atoms with Gasteiger partial charge in [-0.05, 0) is 38.8 Å². The van der Waals surface area contributed by atoms with Gasteiger partial charge < -0.3 is 5.32 Å². The second-order valence-corrected chi connectivity index (χ2v) is 7.28. The molecule has 2 rings (SSSR count). The lowest BCUT2D eigenvalue weighted by molar-refractivity contribution is 0.268. The van der Waals surface area contributed by atoms with E-state index in [0.717, 1.165) is 25.9 Å². The van der Waals surface area contributed by atoms with Gasteiger partial charge in [-0.25, -0.2) is 8.42 Å². The maximum absolute atomic E-state index is 12.6. The molecule has 0 bridgehead atoms. The Labute approximate surface area is 121 Å². The summed E-state index contributed by atoms with van der Waals surface area (Å²) < 4.78 is 28.4. The van der Waals surface area contributed by atoms with Gasteiger partial charge in [0.15, 0.2) is 0 Å². The van der Waals surface area contributed by atoms with E-state index in [1.165, 1.54) is 6.20 Å². The molecule has 1 saturated heterocycles. The number of aromatic nitrogens is 2. The van der Waals surface area contributed by atoms with Gasteiger partial charge in [0.05, 0.1) is 11.9 Å². The van der Waals surface area contributed by atoms with E-state index in [0.29, 0.717) is 29.6 Å². The summed E-state index contributed by atoms with van der Waals surface area (Å²) in [5.74, 6) is 0.580. The average molecular weight is 300 g/mol. The van der Waals surface area contributed by atoms with Gasteiger partial charge in [0.25, 0.3) is 0 Å². The maximum Gasteiger partial charge on any atom is 0.246 e. The van der Waals surface area contributed by atoms with Crippen molar-refractivity contribution in [1.29, 1.82) is 0 Å². The average Bonchev–Trinajstić information content (AvgIpc) is 2.78. The normalized spacial score (nSPS) is 18.6. The maximum atomic E-state index is 12.6. The first kappa shape index (κ1) is 15.5. The molecule has 1 aromatic heterocycles.